The molecule has 1 saturated carbocycles. The van der Waals surface area contributed by atoms with E-state index in [-0.39, 0.29) is 35.5 Å². The number of hydrazone groups is 1. The van der Waals surface area contributed by atoms with E-state index in [0.717, 1.165) is 22.7 Å². The minimum absolute atomic E-state index is 0.156. The molecule has 22 heavy (non-hydrogen) atoms. The lowest BCUT2D eigenvalue weighted by Gasteiger charge is -2.13. The van der Waals surface area contributed by atoms with E-state index in [9.17, 15) is 9.59 Å². The van der Waals surface area contributed by atoms with E-state index in [2.05, 4.69) is 17.3 Å². The van der Waals surface area contributed by atoms with Crippen LogP contribution in [0.4, 0.5) is 0 Å². The van der Waals surface area contributed by atoms with Crippen LogP contribution < -0.4 is 4.74 Å². The lowest BCUT2D eigenvalue weighted by molar-refractivity contribution is -0.140. The molecule has 5 nitrogen and oxygen atoms in total. The van der Waals surface area contributed by atoms with Crippen molar-refractivity contribution in [2.45, 2.75) is 6.42 Å². The zero-order chi connectivity index (χ0) is 15.3. The Hall–Kier alpha value is -2.43. The second-order valence-electron chi connectivity index (χ2n) is 6.01. The van der Waals surface area contributed by atoms with Crippen LogP contribution in [0.15, 0.2) is 41.5 Å². The maximum absolute atomic E-state index is 12.4. The van der Waals surface area contributed by atoms with Crippen LogP contribution >= 0.6 is 0 Å². The summed E-state index contributed by atoms with van der Waals surface area (Å²) in [5.41, 5.74) is 0.819. The van der Waals surface area contributed by atoms with E-state index in [1.165, 1.54) is 0 Å². The van der Waals surface area contributed by atoms with Crippen molar-refractivity contribution in [3.05, 3.63) is 42.0 Å². The molecule has 3 aliphatic rings. The summed E-state index contributed by atoms with van der Waals surface area (Å²) in [5.74, 6) is 0.474. The van der Waals surface area contributed by atoms with E-state index >= 15 is 0 Å². The quantitative estimate of drug-likeness (QED) is 0.486. The highest BCUT2D eigenvalue weighted by atomic mass is 16.5. The van der Waals surface area contributed by atoms with Gasteiger partial charge in [0.25, 0.3) is 11.8 Å². The van der Waals surface area contributed by atoms with Gasteiger partial charge in [-0.1, -0.05) is 12.2 Å². The van der Waals surface area contributed by atoms with Crippen molar-refractivity contribution >= 4 is 18.0 Å². The Morgan fingerprint density at radius 2 is 1.68 bits per heavy atom. The molecule has 1 aliphatic heterocycles. The molecule has 2 amide bonds. The number of benzene rings is 1. The average molecular weight is 296 g/mol. The standard InChI is InChI=1S/C17H16N2O3/c1-22-13-6-2-10(3-7-13)9-18-19-16(20)14-11-4-5-12(8-11)15(14)17(19)21/h2-7,9,11-12,14-15H,8H2,1H3. The largest absolute Gasteiger partial charge is 0.497 e. The van der Waals surface area contributed by atoms with E-state index in [0.29, 0.717) is 0 Å². The van der Waals surface area contributed by atoms with E-state index in [1.54, 1.807) is 13.3 Å². The predicted octanol–water partition coefficient (Wildman–Crippen LogP) is 1.84. The van der Waals surface area contributed by atoms with Crippen molar-refractivity contribution < 1.29 is 14.3 Å². The fourth-order valence-corrected chi connectivity index (χ4v) is 3.81. The van der Waals surface area contributed by atoms with Gasteiger partial charge in [0, 0.05) is 0 Å². The SMILES string of the molecule is COc1ccc(C=NN2C(=O)C3C4C=CC(C4)C3C2=O)cc1. The smallest absolute Gasteiger partial charge is 0.254 e. The minimum Gasteiger partial charge on any atom is -0.497 e. The van der Waals surface area contributed by atoms with Crippen LogP contribution in [0.25, 0.3) is 0 Å². The van der Waals surface area contributed by atoms with Crippen molar-refractivity contribution in [3.8, 4) is 5.75 Å². The molecule has 4 unspecified atom stereocenters. The number of rotatable bonds is 3. The molecular weight excluding hydrogens is 280 g/mol. The molecule has 0 radical (unpaired) electrons. The molecule has 0 aromatic heterocycles. The van der Waals surface area contributed by atoms with E-state index < -0.39 is 0 Å². The Kier molecular flexibility index (Phi) is 2.89. The predicted molar refractivity (Wildman–Crippen MR) is 80.2 cm³/mol. The monoisotopic (exact) mass is 296 g/mol. The number of methoxy groups -OCH3 is 1. The highest BCUT2D eigenvalue weighted by Crippen LogP contribution is 2.52. The average Bonchev–Trinajstić information content (AvgIpc) is 3.21. The zero-order valence-corrected chi connectivity index (χ0v) is 12.2. The summed E-state index contributed by atoms with van der Waals surface area (Å²) in [7, 11) is 1.60. The third kappa shape index (κ3) is 1.81. The Bertz CT molecular complexity index is 662. The Labute approximate surface area is 128 Å². The number of amides is 2. The second-order valence-corrected chi connectivity index (χ2v) is 6.01. The molecule has 112 valence electrons. The van der Waals surface area contributed by atoms with Crippen LogP contribution in [0, 0.1) is 23.7 Å². The minimum atomic E-state index is -0.199. The maximum Gasteiger partial charge on any atom is 0.254 e. The second kappa shape index (κ2) is 4.80. The number of hydrogen-bond donors (Lipinski definition) is 0. The van der Waals surface area contributed by atoms with Gasteiger partial charge in [0.1, 0.15) is 5.75 Å². The summed E-state index contributed by atoms with van der Waals surface area (Å²) in [6.07, 6.45) is 6.63. The van der Waals surface area contributed by atoms with Crippen LogP contribution in [0.3, 0.4) is 0 Å². The number of ether oxygens (including phenoxy) is 1. The molecule has 5 heteroatoms. The summed E-state index contributed by atoms with van der Waals surface area (Å²) in [4.78, 5) is 24.9. The van der Waals surface area contributed by atoms with Crippen LogP contribution in [-0.2, 0) is 9.59 Å². The van der Waals surface area contributed by atoms with Crippen molar-refractivity contribution in [2.24, 2.45) is 28.8 Å². The van der Waals surface area contributed by atoms with Gasteiger partial charge >= 0.3 is 0 Å². The molecule has 4 atom stereocenters. The fraction of sp³-hybridized carbons (Fsp3) is 0.353. The number of carbonyl (C=O) groups is 2. The number of hydrogen-bond acceptors (Lipinski definition) is 4. The molecule has 1 saturated heterocycles. The topological polar surface area (TPSA) is 59.0 Å². The number of carbonyl (C=O) groups excluding carboxylic acids is 2. The Balaban J connectivity index is 1.55. The number of nitrogens with zero attached hydrogens (tertiary/aromatic N) is 2. The van der Waals surface area contributed by atoms with Crippen molar-refractivity contribution in [1.29, 1.82) is 0 Å². The summed E-state index contributed by atoms with van der Waals surface area (Å²) >= 11 is 0. The highest BCUT2D eigenvalue weighted by molar-refractivity contribution is 6.06. The third-order valence-corrected chi connectivity index (χ3v) is 4.89. The molecular formula is C17H16N2O3. The molecule has 2 aliphatic carbocycles. The van der Waals surface area contributed by atoms with Gasteiger partial charge in [0.05, 0.1) is 25.2 Å². The van der Waals surface area contributed by atoms with Crippen molar-refractivity contribution in [2.75, 3.05) is 7.11 Å². The van der Waals surface area contributed by atoms with E-state index in [1.807, 2.05) is 24.3 Å². The van der Waals surface area contributed by atoms with Crippen LogP contribution in [0.2, 0.25) is 0 Å². The Morgan fingerprint density at radius 3 is 2.23 bits per heavy atom. The molecule has 2 fully saturated rings. The molecule has 1 aromatic carbocycles. The first-order chi connectivity index (χ1) is 10.7. The summed E-state index contributed by atoms with van der Waals surface area (Å²) in [6, 6.07) is 7.29. The number of allylic oxidation sites excluding steroid dienone is 2. The van der Waals surface area contributed by atoms with Gasteiger partial charge in [-0.05, 0) is 48.1 Å². The van der Waals surface area contributed by atoms with Crippen LogP contribution in [0.5, 0.6) is 5.75 Å². The van der Waals surface area contributed by atoms with Crippen LogP contribution in [0.1, 0.15) is 12.0 Å². The van der Waals surface area contributed by atoms with Gasteiger partial charge in [-0.25, -0.2) is 0 Å². The van der Waals surface area contributed by atoms with Gasteiger partial charge < -0.3 is 4.74 Å². The van der Waals surface area contributed by atoms with Gasteiger partial charge in [-0.15, -0.1) is 0 Å². The first-order valence-electron chi connectivity index (χ1n) is 7.43. The maximum atomic E-state index is 12.4. The van der Waals surface area contributed by atoms with Gasteiger partial charge in [0.15, 0.2) is 0 Å². The number of fused-ring (bicyclic) bond motifs is 5. The van der Waals surface area contributed by atoms with Crippen molar-refractivity contribution in [1.82, 2.24) is 5.01 Å². The zero-order valence-electron chi connectivity index (χ0n) is 12.2. The molecule has 2 bridgehead atoms. The molecule has 1 heterocycles. The molecule has 4 rings (SSSR count). The Morgan fingerprint density at radius 1 is 1.09 bits per heavy atom. The molecule has 0 spiro atoms. The summed E-state index contributed by atoms with van der Waals surface area (Å²) in [6.45, 7) is 0. The normalized spacial score (nSPS) is 32.3. The van der Waals surface area contributed by atoms with Gasteiger partial charge in [-0.2, -0.15) is 10.1 Å². The van der Waals surface area contributed by atoms with Gasteiger partial charge in [-0.3, -0.25) is 9.59 Å². The fourth-order valence-electron chi connectivity index (χ4n) is 3.81. The summed E-state index contributed by atoms with van der Waals surface area (Å²) < 4.78 is 5.09. The highest BCUT2D eigenvalue weighted by Gasteiger charge is 2.59. The third-order valence-electron chi connectivity index (χ3n) is 4.89. The molecule has 0 N–H and O–H groups in total. The molecule has 1 aromatic rings. The number of imide groups is 1. The first-order valence-corrected chi connectivity index (χ1v) is 7.43. The van der Waals surface area contributed by atoms with E-state index in [4.69, 9.17) is 4.74 Å². The van der Waals surface area contributed by atoms with Crippen LogP contribution in [-0.4, -0.2) is 30.1 Å². The lowest BCUT2D eigenvalue weighted by atomic mass is 9.85. The lowest BCUT2D eigenvalue weighted by Crippen LogP contribution is -2.28. The first kappa shape index (κ1) is 13.2. The summed E-state index contributed by atoms with van der Waals surface area (Å²) in [5, 5.41) is 5.19. The van der Waals surface area contributed by atoms with Gasteiger partial charge in [0.2, 0.25) is 0 Å². The van der Waals surface area contributed by atoms with Crippen molar-refractivity contribution in [3.63, 3.8) is 0 Å².